The van der Waals surface area contributed by atoms with Gasteiger partial charge in [-0.05, 0) is 31.4 Å². The summed E-state index contributed by atoms with van der Waals surface area (Å²) in [6, 6.07) is 3.02. The van der Waals surface area contributed by atoms with Gasteiger partial charge >= 0.3 is 5.97 Å². The van der Waals surface area contributed by atoms with Crippen molar-refractivity contribution in [1.82, 2.24) is 4.98 Å². The Bertz CT molecular complexity index is 457. The summed E-state index contributed by atoms with van der Waals surface area (Å²) in [6.45, 7) is 0. The van der Waals surface area contributed by atoms with Crippen LogP contribution >= 0.6 is 0 Å². The fourth-order valence-electron chi connectivity index (χ4n) is 2.21. The number of carbonyl (C=O) groups is 1. The number of aromatic nitrogens is 1. The van der Waals surface area contributed by atoms with E-state index in [1.54, 1.807) is 6.07 Å². The Kier molecular flexibility index (Phi) is 3.37. The van der Waals surface area contributed by atoms with E-state index >= 15 is 0 Å². The van der Waals surface area contributed by atoms with Crippen molar-refractivity contribution in [1.29, 1.82) is 0 Å². The molecule has 2 rings (SSSR count). The summed E-state index contributed by atoms with van der Waals surface area (Å²) < 4.78 is 0. The number of carboxylic acid groups (broad SMARTS) is 1. The van der Waals surface area contributed by atoms with Crippen LogP contribution in [0.25, 0.3) is 0 Å². The molecule has 0 aliphatic heterocycles. The van der Waals surface area contributed by atoms with Crippen LogP contribution in [-0.4, -0.2) is 27.0 Å². The zero-order valence-electron chi connectivity index (χ0n) is 9.33. The highest BCUT2D eigenvalue weighted by Crippen LogP contribution is 2.29. The predicted octanol–water partition coefficient (Wildman–Crippen LogP) is 2.27. The van der Waals surface area contributed by atoms with Crippen LogP contribution in [0.15, 0.2) is 23.5 Å². The quantitative estimate of drug-likeness (QED) is 0.607. The highest BCUT2D eigenvalue weighted by molar-refractivity contribution is 5.92. The standard InChI is InChI=1S/C12H14N2O3/c15-12(16)8-5-6-13-11(7-8)9-3-1-2-4-10(9)14-17/h5-7,9,17H,1-4H2,(H,15,16)/b14-10-/t9-/m1/s1. The van der Waals surface area contributed by atoms with Gasteiger partial charge < -0.3 is 10.3 Å². The Balaban J connectivity index is 2.32. The second-order valence-electron chi connectivity index (χ2n) is 4.16. The number of rotatable bonds is 2. The van der Waals surface area contributed by atoms with Crippen LogP contribution in [0, 0.1) is 0 Å². The van der Waals surface area contributed by atoms with Crippen molar-refractivity contribution >= 4 is 11.7 Å². The Hall–Kier alpha value is -1.91. The third kappa shape index (κ3) is 2.43. The zero-order chi connectivity index (χ0) is 12.3. The molecule has 5 nitrogen and oxygen atoms in total. The van der Waals surface area contributed by atoms with Gasteiger partial charge in [0.15, 0.2) is 0 Å². The molecule has 0 unspecified atom stereocenters. The Morgan fingerprint density at radius 1 is 1.47 bits per heavy atom. The second-order valence-corrected chi connectivity index (χ2v) is 4.16. The van der Waals surface area contributed by atoms with Crippen LogP contribution in [0.3, 0.4) is 0 Å². The van der Waals surface area contributed by atoms with Crippen LogP contribution in [0.1, 0.15) is 47.7 Å². The first-order valence-corrected chi connectivity index (χ1v) is 5.62. The van der Waals surface area contributed by atoms with Crippen molar-refractivity contribution in [3.63, 3.8) is 0 Å². The lowest BCUT2D eigenvalue weighted by atomic mass is 9.84. The molecule has 1 atom stereocenters. The first-order valence-electron chi connectivity index (χ1n) is 5.62. The summed E-state index contributed by atoms with van der Waals surface area (Å²) in [5, 5.41) is 21.2. The molecule has 90 valence electrons. The Morgan fingerprint density at radius 3 is 3.00 bits per heavy atom. The number of aromatic carboxylic acids is 1. The summed E-state index contributed by atoms with van der Waals surface area (Å²) in [4.78, 5) is 15.1. The molecule has 1 fully saturated rings. The third-order valence-corrected chi connectivity index (χ3v) is 3.09. The molecule has 2 N–H and O–H groups in total. The van der Waals surface area contributed by atoms with Crippen molar-refractivity contribution in [2.45, 2.75) is 31.6 Å². The van der Waals surface area contributed by atoms with Gasteiger partial charge in [-0.25, -0.2) is 4.79 Å². The van der Waals surface area contributed by atoms with E-state index in [1.807, 2.05) is 0 Å². The lowest BCUT2D eigenvalue weighted by Crippen LogP contribution is -2.19. The predicted molar refractivity (Wildman–Crippen MR) is 61.6 cm³/mol. The minimum Gasteiger partial charge on any atom is -0.478 e. The number of nitrogens with zero attached hydrogens (tertiary/aromatic N) is 2. The van der Waals surface area contributed by atoms with E-state index in [9.17, 15) is 4.79 Å². The van der Waals surface area contributed by atoms with E-state index in [0.717, 1.165) is 25.7 Å². The SMILES string of the molecule is O=C(O)c1ccnc([C@@H]2CCCC/C2=N/O)c1. The van der Waals surface area contributed by atoms with E-state index in [2.05, 4.69) is 10.1 Å². The molecule has 17 heavy (non-hydrogen) atoms. The topological polar surface area (TPSA) is 82.8 Å². The van der Waals surface area contributed by atoms with E-state index in [1.165, 1.54) is 12.3 Å². The average Bonchev–Trinajstić information content (AvgIpc) is 2.39. The lowest BCUT2D eigenvalue weighted by molar-refractivity contribution is 0.0696. The molecule has 5 heteroatoms. The third-order valence-electron chi connectivity index (χ3n) is 3.09. The summed E-state index contributed by atoms with van der Waals surface area (Å²) >= 11 is 0. The lowest BCUT2D eigenvalue weighted by Gasteiger charge is -2.22. The second kappa shape index (κ2) is 4.95. The van der Waals surface area contributed by atoms with Gasteiger partial charge in [0, 0.05) is 12.1 Å². The molecular formula is C12H14N2O3. The van der Waals surface area contributed by atoms with Crippen molar-refractivity contribution in [3.05, 3.63) is 29.6 Å². The molecule has 0 aromatic carbocycles. The summed E-state index contributed by atoms with van der Waals surface area (Å²) in [7, 11) is 0. The number of hydrogen-bond donors (Lipinski definition) is 2. The maximum atomic E-state index is 10.9. The molecule has 1 aliphatic carbocycles. The van der Waals surface area contributed by atoms with Gasteiger partial charge in [-0.15, -0.1) is 0 Å². The normalized spacial score (nSPS) is 22.6. The van der Waals surface area contributed by atoms with Crippen molar-refractivity contribution in [2.75, 3.05) is 0 Å². The summed E-state index contributed by atoms with van der Waals surface area (Å²) in [6.07, 6.45) is 5.15. The maximum Gasteiger partial charge on any atom is 0.335 e. The first-order chi connectivity index (χ1) is 8.22. The highest BCUT2D eigenvalue weighted by Gasteiger charge is 2.24. The molecule has 1 aromatic rings. The van der Waals surface area contributed by atoms with Gasteiger partial charge in [0.05, 0.1) is 17.0 Å². The van der Waals surface area contributed by atoms with Gasteiger partial charge in [0.1, 0.15) is 0 Å². The van der Waals surface area contributed by atoms with Crippen LogP contribution in [-0.2, 0) is 0 Å². The molecule has 0 saturated heterocycles. The van der Waals surface area contributed by atoms with Crippen LogP contribution in [0.4, 0.5) is 0 Å². The van der Waals surface area contributed by atoms with E-state index in [0.29, 0.717) is 11.4 Å². The molecule has 0 bridgehead atoms. The van der Waals surface area contributed by atoms with Crippen LogP contribution in [0.5, 0.6) is 0 Å². The molecule has 1 saturated carbocycles. The fraction of sp³-hybridized carbons (Fsp3) is 0.417. The van der Waals surface area contributed by atoms with Crippen molar-refractivity contribution < 1.29 is 15.1 Å². The maximum absolute atomic E-state index is 10.9. The minimum atomic E-state index is -0.966. The average molecular weight is 234 g/mol. The zero-order valence-corrected chi connectivity index (χ0v) is 9.33. The van der Waals surface area contributed by atoms with Gasteiger partial charge in [0.25, 0.3) is 0 Å². The van der Waals surface area contributed by atoms with Gasteiger partial charge in [0.2, 0.25) is 0 Å². The number of oxime groups is 1. The largest absolute Gasteiger partial charge is 0.478 e. The Morgan fingerprint density at radius 2 is 2.29 bits per heavy atom. The van der Waals surface area contributed by atoms with Gasteiger partial charge in [-0.2, -0.15) is 0 Å². The van der Waals surface area contributed by atoms with Gasteiger partial charge in [-0.1, -0.05) is 11.6 Å². The molecule has 0 amide bonds. The fourth-order valence-corrected chi connectivity index (χ4v) is 2.21. The first kappa shape index (κ1) is 11.6. The minimum absolute atomic E-state index is 0.0481. The molecule has 0 spiro atoms. The van der Waals surface area contributed by atoms with E-state index < -0.39 is 5.97 Å². The highest BCUT2D eigenvalue weighted by atomic mass is 16.4. The van der Waals surface area contributed by atoms with Crippen LogP contribution < -0.4 is 0 Å². The monoisotopic (exact) mass is 234 g/mol. The Labute approximate surface area is 98.8 Å². The van der Waals surface area contributed by atoms with E-state index in [4.69, 9.17) is 10.3 Å². The number of hydrogen-bond acceptors (Lipinski definition) is 4. The molecule has 0 radical (unpaired) electrons. The summed E-state index contributed by atoms with van der Waals surface area (Å²) in [5.41, 5.74) is 1.60. The number of pyridine rings is 1. The van der Waals surface area contributed by atoms with Crippen molar-refractivity contribution in [3.8, 4) is 0 Å². The molecule has 1 aliphatic rings. The molecular weight excluding hydrogens is 220 g/mol. The summed E-state index contributed by atoms with van der Waals surface area (Å²) in [5.74, 6) is -1.01. The van der Waals surface area contributed by atoms with E-state index in [-0.39, 0.29) is 11.5 Å². The van der Waals surface area contributed by atoms with Crippen molar-refractivity contribution in [2.24, 2.45) is 5.16 Å². The van der Waals surface area contributed by atoms with Gasteiger partial charge in [-0.3, -0.25) is 4.98 Å². The smallest absolute Gasteiger partial charge is 0.335 e. The molecule has 1 heterocycles. The van der Waals surface area contributed by atoms with Crippen LogP contribution in [0.2, 0.25) is 0 Å². The molecule has 1 aromatic heterocycles. The number of carboxylic acids is 1.